The number of halogens is 2. The number of aromatic nitrogens is 1. The van der Waals surface area contributed by atoms with Crippen molar-refractivity contribution in [2.45, 2.75) is 19.6 Å². The van der Waals surface area contributed by atoms with Gasteiger partial charge in [-0.25, -0.2) is 0 Å². The van der Waals surface area contributed by atoms with Crippen LogP contribution in [0.4, 0.5) is 0 Å². The molecular formula is C8H17Cl2CoN2Si. The molecule has 1 aromatic heterocycles. The fourth-order valence-electron chi connectivity index (χ4n) is 0.277. The molecule has 0 aromatic carbocycles. The van der Waals surface area contributed by atoms with Crippen molar-refractivity contribution in [2.24, 2.45) is 0 Å². The summed E-state index contributed by atoms with van der Waals surface area (Å²) in [5, 5.41) is 0. The molecule has 0 aliphatic heterocycles. The van der Waals surface area contributed by atoms with Gasteiger partial charge < -0.3 is 11.1 Å². The predicted octanol–water partition coefficient (Wildman–Crippen LogP) is 3.81. The van der Waals surface area contributed by atoms with Crippen molar-refractivity contribution in [3.05, 3.63) is 36.7 Å². The largest absolute Gasteiger partial charge is 2.00 e. The molecule has 2 radical (unpaired) electrons. The van der Waals surface area contributed by atoms with Crippen molar-refractivity contribution in [2.75, 3.05) is 0 Å². The molecule has 14 heavy (non-hydrogen) atoms. The van der Waals surface area contributed by atoms with Crippen LogP contribution < -0.4 is 0 Å². The van der Waals surface area contributed by atoms with E-state index < -0.39 is 0 Å². The number of hydrogen-bond donors (Lipinski definition) is 0. The van der Waals surface area contributed by atoms with Gasteiger partial charge in [-0.05, 0) is 0 Å². The molecule has 0 amide bonds. The zero-order valence-electron chi connectivity index (χ0n) is 8.48. The Morgan fingerprint density at radius 3 is 1.57 bits per heavy atom. The molecule has 0 saturated heterocycles. The molecule has 0 aliphatic rings. The second-order valence-corrected chi connectivity index (χ2v) is 5.46. The fraction of sp³-hybridized carbons (Fsp3) is 0.375. The van der Waals surface area contributed by atoms with E-state index in [0.717, 1.165) is 0 Å². The molecule has 0 unspecified atom stereocenters. The monoisotopic (exact) mass is 298 g/mol. The average molecular weight is 299 g/mol. The fourth-order valence-corrected chi connectivity index (χ4v) is 0.277. The van der Waals surface area contributed by atoms with Crippen LogP contribution in [-0.2, 0) is 16.8 Å². The maximum absolute atomic E-state index is 3.66. The average Bonchev–Trinajstić information content (AvgIpc) is 1.90. The Bertz CT molecular complexity index is 126. The van der Waals surface area contributed by atoms with Gasteiger partial charge in [0.1, 0.15) is 0 Å². The zero-order valence-corrected chi connectivity index (χ0v) is 12.2. The van der Waals surface area contributed by atoms with E-state index in [1.165, 1.54) is 0 Å². The van der Waals surface area contributed by atoms with Crippen molar-refractivity contribution in [1.82, 2.24) is 4.98 Å². The Labute approximate surface area is 111 Å². The zero-order chi connectivity index (χ0) is 7.82. The van der Waals surface area contributed by atoms with E-state index in [-0.39, 0.29) is 56.5 Å². The first-order valence-electron chi connectivity index (χ1n) is 3.27. The summed E-state index contributed by atoms with van der Waals surface area (Å²) >= 11 is 0. The topological polar surface area (TPSA) is 46.4 Å². The van der Waals surface area contributed by atoms with E-state index in [4.69, 9.17) is 0 Å². The molecule has 2 nitrogen and oxygen atoms in total. The van der Waals surface area contributed by atoms with E-state index in [0.29, 0.717) is 0 Å². The van der Waals surface area contributed by atoms with Crippen LogP contribution in [0.2, 0.25) is 19.6 Å². The third-order valence-electron chi connectivity index (χ3n) is 0.517. The third-order valence-corrected chi connectivity index (χ3v) is 0.517. The summed E-state index contributed by atoms with van der Waals surface area (Å²) in [6.45, 7) is 6.81. The molecule has 6 heteroatoms. The number of nitrogens with two attached hydrogens (primary N) is 1. The summed E-state index contributed by atoms with van der Waals surface area (Å²) in [4.78, 5) is 3.66. The first kappa shape index (κ1) is 29.3. The first-order chi connectivity index (χ1) is 4.73. The van der Waals surface area contributed by atoms with Gasteiger partial charge in [0.15, 0.2) is 0 Å². The summed E-state index contributed by atoms with van der Waals surface area (Å²) in [6.07, 6.45) is 4.34. The summed E-state index contributed by atoms with van der Waals surface area (Å²) < 4.78 is 0. The predicted molar refractivity (Wildman–Crippen MR) is 66.2 cm³/mol. The van der Waals surface area contributed by atoms with Crippen molar-refractivity contribution < 1.29 is 16.8 Å². The number of pyridine rings is 1. The van der Waals surface area contributed by atoms with Crippen LogP contribution in [0.1, 0.15) is 0 Å². The molecule has 2 N–H and O–H groups in total. The summed E-state index contributed by atoms with van der Waals surface area (Å²) in [6, 6.07) is 5.50. The van der Waals surface area contributed by atoms with Gasteiger partial charge in [0, 0.05) is 8.80 Å². The molecule has 0 spiro atoms. The molecular weight excluding hydrogens is 282 g/mol. The van der Waals surface area contributed by atoms with Gasteiger partial charge in [0.2, 0.25) is 0 Å². The van der Waals surface area contributed by atoms with Gasteiger partial charge in [-0.15, -0.1) is 24.8 Å². The van der Waals surface area contributed by atoms with Crippen LogP contribution in [0.5, 0.6) is 0 Å². The molecule has 0 fully saturated rings. The van der Waals surface area contributed by atoms with Gasteiger partial charge in [-0.1, -0.05) is 32.0 Å². The summed E-state index contributed by atoms with van der Waals surface area (Å²) in [7, 11) is 0.120. The van der Waals surface area contributed by atoms with Crippen molar-refractivity contribution >= 4 is 33.6 Å². The Balaban J connectivity index is -0.0000000315. The normalized spacial score (nSPS) is 6.00. The Kier molecular flexibility index (Phi) is 48.8. The van der Waals surface area contributed by atoms with E-state index >= 15 is 0 Å². The van der Waals surface area contributed by atoms with Crippen LogP contribution in [0.15, 0.2) is 24.4 Å². The first-order valence-corrected chi connectivity index (χ1v) is 6.27. The minimum Gasteiger partial charge on any atom is -0.693 e. The minimum absolute atomic E-state index is 0. The summed E-state index contributed by atoms with van der Waals surface area (Å²) in [5.41, 5.74) is 0. The van der Waals surface area contributed by atoms with E-state index in [1.54, 1.807) is 12.3 Å². The quantitative estimate of drug-likeness (QED) is 0.530. The smallest absolute Gasteiger partial charge is 0.693 e. The number of nitrogens with zero attached hydrogens (tertiary/aromatic N) is 1. The second kappa shape index (κ2) is 23.3. The van der Waals surface area contributed by atoms with Crippen LogP contribution >= 0.6 is 24.8 Å². The van der Waals surface area contributed by atoms with Gasteiger partial charge in [-0.3, -0.25) is 0 Å². The number of hydrogen-bond acceptors (Lipinski definition) is 1. The molecule has 0 atom stereocenters. The van der Waals surface area contributed by atoms with Gasteiger partial charge in [0.05, 0.1) is 0 Å². The molecule has 1 rings (SSSR count). The molecule has 0 bridgehead atoms. The maximum atomic E-state index is 3.66. The number of rotatable bonds is 0. The molecule has 1 aromatic rings. The van der Waals surface area contributed by atoms with Gasteiger partial charge in [-0.2, -0.15) is 18.2 Å². The van der Waals surface area contributed by atoms with Crippen LogP contribution in [0.25, 0.3) is 6.15 Å². The standard InChI is InChI=1S/C5H4N.C3H9Si.2ClH.Co.H2N/c1-2-4-6-5-3-1;1-4(2)3;;;;/h1-4H;1-3H3;2*1H;;1H2/q-1;;;;+2;-1. The second-order valence-electron chi connectivity index (χ2n) is 2.46. The van der Waals surface area contributed by atoms with E-state index in [9.17, 15) is 0 Å². The van der Waals surface area contributed by atoms with Crippen LogP contribution in [-0.4, -0.2) is 13.8 Å². The molecule has 0 aliphatic carbocycles. The summed E-state index contributed by atoms with van der Waals surface area (Å²) in [5.74, 6) is 0. The molecule has 86 valence electrons. The van der Waals surface area contributed by atoms with Crippen molar-refractivity contribution in [3.63, 3.8) is 0 Å². The van der Waals surface area contributed by atoms with Gasteiger partial charge >= 0.3 is 16.8 Å². The Morgan fingerprint density at radius 1 is 1.07 bits per heavy atom. The van der Waals surface area contributed by atoms with E-state index in [2.05, 4.69) is 30.8 Å². The maximum Gasteiger partial charge on any atom is 2.00 e. The minimum atomic E-state index is 0. The van der Waals surface area contributed by atoms with Crippen molar-refractivity contribution in [3.8, 4) is 0 Å². The van der Waals surface area contributed by atoms with Crippen molar-refractivity contribution in [1.29, 1.82) is 0 Å². The third kappa shape index (κ3) is 39.3. The Morgan fingerprint density at radius 2 is 1.50 bits per heavy atom. The SMILES string of the molecule is C[Si](C)C.Cl.Cl.[Co+2].[NH2-].[c-]1ccccn1. The van der Waals surface area contributed by atoms with Crippen LogP contribution in [0.3, 0.4) is 0 Å². The van der Waals surface area contributed by atoms with Crippen LogP contribution in [0, 0.1) is 6.20 Å². The molecule has 0 saturated carbocycles. The molecule has 1 heterocycles. The Hall–Kier alpha value is 0.413. The van der Waals surface area contributed by atoms with E-state index in [1.807, 2.05) is 12.1 Å². The van der Waals surface area contributed by atoms with Gasteiger partial charge in [0.25, 0.3) is 0 Å².